The summed E-state index contributed by atoms with van der Waals surface area (Å²) in [4.78, 5) is 12.6. The molecule has 7 nitrogen and oxygen atoms in total. The van der Waals surface area contributed by atoms with Crippen molar-refractivity contribution in [1.29, 1.82) is 0 Å². The highest BCUT2D eigenvalue weighted by molar-refractivity contribution is 7.89. The lowest BCUT2D eigenvalue weighted by Gasteiger charge is -2.20. The second-order valence-corrected chi connectivity index (χ2v) is 9.70. The van der Waals surface area contributed by atoms with Gasteiger partial charge in [-0.05, 0) is 50.8 Å². The summed E-state index contributed by atoms with van der Waals surface area (Å²) in [6, 6.07) is 8.86. The summed E-state index contributed by atoms with van der Waals surface area (Å²) in [5, 5.41) is 7.09. The Kier molecular flexibility index (Phi) is 7.08. The fourth-order valence-corrected chi connectivity index (χ4v) is 5.06. The van der Waals surface area contributed by atoms with Gasteiger partial charge in [0, 0.05) is 31.6 Å². The van der Waals surface area contributed by atoms with E-state index >= 15 is 0 Å². The molecule has 8 heteroatoms. The van der Waals surface area contributed by atoms with Crippen LogP contribution in [0.4, 0.5) is 5.82 Å². The van der Waals surface area contributed by atoms with Gasteiger partial charge in [-0.2, -0.15) is 9.40 Å². The summed E-state index contributed by atoms with van der Waals surface area (Å²) in [6.07, 6.45) is 6.55. The zero-order valence-corrected chi connectivity index (χ0v) is 18.0. The van der Waals surface area contributed by atoms with Crippen LogP contribution in [-0.4, -0.2) is 41.5 Å². The lowest BCUT2D eigenvalue weighted by atomic mass is 10.1. The minimum absolute atomic E-state index is 0.0892. The molecule has 29 heavy (non-hydrogen) atoms. The van der Waals surface area contributed by atoms with E-state index in [0.29, 0.717) is 36.6 Å². The lowest BCUT2D eigenvalue weighted by Crippen LogP contribution is -2.31. The molecule has 0 aliphatic carbocycles. The standard InChI is InChI=1S/C21H30N4O3S/c1-17(2)25-20(13-14-22-25)23-21(26)12-9-18-7-10-19(11-8-18)29(27,28)24-15-5-3-4-6-16-24/h7-8,10-11,13-14,17H,3-6,9,12,15-16H2,1-2H3,(H,23,26). The Hall–Kier alpha value is -2.19. The van der Waals surface area contributed by atoms with Gasteiger partial charge in [-0.15, -0.1) is 0 Å². The molecule has 1 saturated heterocycles. The Balaban J connectivity index is 1.57. The smallest absolute Gasteiger partial charge is 0.243 e. The molecule has 0 unspecified atom stereocenters. The van der Waals surface area contributed by atoms with Crippen molar-refractivity contribution < 1.29 is 13.2 Å². The number of amides is 1. The number of rotatable bonds is 7. The summed E-state index contributed by atoms with van der Waals surface area (Å²) in [5.74, 6) is 0.595. The van der Waals surface area contributed by atoms with E-state index in [1.54, 1.807) is 45.5 Å². The van der Waals surface area contributed by atoms with Gasteiger partial charge in [-0.1, -0.05) is 25.0 Å². The Morgan fingerprint density at radius 1 is 1.07 bits per heavy atom. The number of carbonyl (C=O) groups is 1. The molecule has 0 radical (unpaired) electrons. The molecule has 1 aromatic carbocycles. The maximum absolute atomic E-state index is 12.8. The van der Waals surface area contributed by atoms with Crippen molar-refractivity contribution in [1.82, 2.24) is 14.1 Å². The number of aryl methyl sites for hydroxylation is 1. The number of anilines is 1. The second-order valence-electron chi connectivity index (χ2n) is 7.77. The Bertz CT molecular complexity index is 912. The van der Waals surface area contributed by atoms with Crippen molar-refractivity contribution in [2.75, 3.05) is 18.4 Å². The molecule has 0 spiro atoms. The van der Waals surface area contributed by atoms with E-state index in [0.717, 1.165) is 31.2 Å². The Morgan fingerprint density at radius 3 is 2.34 bits per heavy atom. The summed E-state index contributed by atoms with van der Waals surface area (Å²) in [6.45, 7) is 5.20. The molecular formula is C21H30N4O3S. The first-order chi connectivity index (χ1) is 13.9. The molecule has 2 aromatic rings. The van der Waals surface area contributed by atoms with E-state index in [2.05, 4.69) is 10.4 Å². The fraction of sp³-hybridized carbons (Fsp3) is 0.524. The molecule has 1 aliphatic rings. The van der Waals surface area contributed by atoms with Crippen LogP contribution in [0, 0.1) is 0 Å². The van der Waals surface area contributed by atoms with Crippen LogP contribution in [0.3, 0.4) is 0 Å². The molecule has 0 atom stereocenters. The van der Waals surface area contributed by atoms with Crippen molar-refractivity contribution in [3.05, 3.63) is 42.1 Å². The second kappa shape index (κ2) is 9.54. The normalized spacial score (nSPS) is 16.0. The average Bonchev–Trinajstić information content (AvgIpc) is 2.98. The molecule has 3 rings (SSSR count). The van der Waals surface area contributed by atoms with E-state index in [9.17, 15) is 13.2 Å². The number of hydrogen-bond donors (Lipinski definition) is 1. The van der Waals surface area contributed by atoms with E-state index in [4.69, 9.17) is 0 Å². The van der Waals surface area contributed by atoms with Gasteiger partial charge in [0.15, 0.2) is 0 Å². The first-order valence-corrected chi connectivity index (χ1v) is 11.7. The highest BCUT2D eigenvalue weighted by Crippen LogP contribution is 2.21. The molecular weight excluding hydrogens is 388 g/mol. The summed E-state index contributed by atoms with van der Waals surface area (Å²) >= 11 is 0. The van der Waals surface area contributed by atoms with Crippen molar-refractivity contribution in [3.63, 3.8) is 0 Å². The molecule has 1 N–H and O–H groups in total. The van der Waals surface area contributed by atoms with Crippen molar-refractivity contribution in [3.8, 4) is 0 Å². The van der Waals surface area contributed by atoms with Crippen LogP contribution in [0.25, 0.3) is 0 Å². The molecule has 1 aromatic heterocycles. The third-order valence-corrected chi connectivity index (χ3v) is 7.11. The summed E-state index contributed by atoms with van der Waals surface area (Å²) in [7, 11) is -3.44. The number of nitrogens with zero attached hydrogens (tertiary/aromatic N) is 3. The van der Waals surface area contributed by atoms with Gasteiger partial charge < -0.3 is 5.32 Å². The average molecular weight is 419 g/mol. The molecule has 1 amide bonds. The van der Waals surface area contributed by atoms with E-state index in [-0.39, 0.29) is 11.9 Å². The van der Waals surface area contributed by atoms with Crippen LogP contribution >= 0.6 is 0 Å². The van der Waals surface area contributed by atoms with Crippen LogP contribution < -0.4 is 5.32 Å². The fourth-order valence-electron chi connectivity index (χ4n) is 3.55. The van der Waals surface area contributed by atoms with Gasteiger partial charge in [-0.3, -0.25) is 4.79 Å². The van der Waals surface area contributed by atoms with Crippen molar-refractivity contribution >= 4 is 21.7 Å². The Labute approximate surface area is 173 Å². The van der Waals surface area contributed by atoms with Gasteiger partial charge in [0.2, 0.25) is 15.9 Å². The van der Waals surface area contributed by atoms with Crippen LogP contribution in [0.15, 0.2) is 41.4 Å². The van der Waals surface area contributed by atoms with Crippen LogP contribution in [0.1, 0.15) is 57.6 Å². The predicted molar refractivity (Wildman–Crippen MR) is 113 cm³/mol. The maximum Gasteiger partial charge on any atom is 0.243 e. The number of benzene rings is 1. The zero-order chi connectivity index (χ0) is 20.9. The van der Waals surface area contributed by atoms with Crippen LogP contribution in [0.5, 0.6) is 0 Å². The van der Waals surface area contributed by atoms with Gasteiger partial charge in [0.1, 0.15) is 5.82 Å². The summed E-state index contributed by atoms with van der Waals surface area (Å²) in [5.41, 5.74) is 0.937. The number of hydrogen-bond acceptors (Lipinski definition) is 4. The first-order valence-electron chi connectivity index (χ1n) is 10.3. The van der Waals surface area contributed by atoms with E-state index in [1.165, 1.54) is 0 Å². The molecule has 2 heterocycles. The largest absolute Gasteiger partial charge is 0.311 e. The third kappa shape index (κ3) is 5.45. The molecule has 158 valence electrons. The molecule has 1 aliphatic heterocycles. The topological polar surface area (TPSA) is 84.3 Å². The van der Waals surface area contributed by atoms with Crippen molar-refractivity contribution in [2.24, 2.45) is 0 Å². The zero-order valence-electron chi connectivity index (χ0n) is 17.2. The number of carbonyl (C=O) groups excluding carboxylic acids is 1. The highest BCUT2D eigenvalue weighted by atomic mass is 32.2. The monoisotopic (exact) mass is 418 g/mol. The van der Waals surface area contributed by atoms with Crippen LogP contribution in [0.2, 0.25) is 0 Å². The molecule has 0 saturated carbocycles. The number of nitrogens with one attached hydrogen (secondary N) is 1. The first kappa shape index (κ1) is 21.5. The van der Waals surface area contributed by atoms with E-state index < -0.39 is 10.0 Å². The lowest BCUT2D eigenvalue weighted by molar-refractivity contribution is -0.116. The molecule has 1 fully saturated rings. The van der Waals surface area contributed by atoms with Crippen molar-refractivity contribution in [2.45, 2.75) is 63.3 Å². The minimum Gasteiger partial charge on any atom is -0.311 e. The van der Waals surface area contributed by atoms with Crippen LogP contribution in [-0.2, 0) is 21.2 Å². The van der Waals surface area contributed by atoms with Gasteiger partial charge in [-0.25, -0.2) is 13.1 Å². The number of sulfonamides is 1. The highest BCUT2D eigenvalue weighted by Gasteiger charge is 2.24. The van der Waals surface area contributed by atoms with Gasteiger partial charge in [0.05, 0.1) is 11.1 Å². The Morgan fingerprint density at radius 2 is 1.72 bits per heavy atom. The number of aromatic nitrogens is 2. The minimum atomic E-state index is -3.44. The third-order valence-electron chi connectivity index (χ3n) is 5.19. The van der Waals surface area contributed by atoms with Gasteiger partial charge >= 0.3 is 0 Å². The SMILES string of the molecule is CC(C)n1nccc1NC(=O)CCc1ccc(S(=O)(=O)N2CCCCCC2)cc1. The maximum atomic E-state index is 12.8. The summed E-state index contributed by atoms with van der Waals surface area (Å²) < 4.78 is 29.0. The quantitative estimate of drug-likeness (QED) is 0.745. The van der Waals surface area contributed by atoms with Gasteiger partial charge in [0.25, 0.3) is 0 Å². The van der Waals surface area contributed by atoms with E-state index in [1.807, 2.05) is 13.8 Å². The predicted octanol–water partition coefficient (Wildman–Crippen LogP) is 3.60. The molecule has 0 bridgehead atoms.